The average molecular weight is 249 g/mol. The summed E-state index contributed by atoms with van der Waals surface area (Å²) in [6.45, 7) is 7.80. The fourth-order valence-electron chi connectivity index (χ4n) is 2.26. The zero-order valence-electron chi connectivity index (χ0n) is 11.9. The van der Waals surface area contributed by atoms with Gasteiger partial charge in [-0.25, -0.2) is 0 Å². The molecule has 1 aromatic rings. The highest BCUT2D eigenvalue weighted by molar-refractivity contribution is 5.23. The molecule has 0 aromatic heterocycles. The van der Waals surface area contributed by atoms with Gasteiger partial charge in [-0.05, 0) is 44.7 Å². The monoisotopic (exact) mass is 249 g/mol. The summed E-state index contributed by atoms with van der Waals surface area (Å²) in [7, 11) is 0. The van der Waals surface area contributed by atoms with E-state index >= 15 is 0 Å². The highest BCUT2D eigenvalue weighted by Gasteiger charge is 2.10. The van der Waals surface area contributed by atoms with E-state index in [0.717, 1.165) is 13.0 Å². The van der Waals surface area contributed by atoms with E-state index < -0.39 is 0 Å². The molecule has 2 atom stereocenters. The van der Waals surface area contributed by atoms with E-state index in [1.807, 2.05) is 0 Å². The average Bonchev–Trinajstić information content (AvgIpc) is 2.37. The number of aliphatic hydroxyl groups excluding tert-OH is 1. The minimum absolute atomic E-state index is 0.297. The van der Waals surface area contributed by atoms with Crippen molar-refractivity contribution < 1.29 is 5.11 Å². The SMILES string of the molecule is CCCC(CCO)CNC(C)c1ccc(C)cc1. The van der Waals surface area contributed by atoms with Crippen LogP contribution in [-0.4, -0.2) is 18.3 Å². The lowest BCUT2D eigenvalue weighted by atomic mass is 9.99. The minimum Gasteiger partial charge on any atom is -0.396 e. The molecular formula is C16H27NO. The molecule has 0 heterocycles. The van der Waals surface area contributed by atoms with Gasteiger partial charge in [-0.15, -0.1) is 0 Å². The van der Waals surface area contributed by atoms with Crippen molar-refractivity contribution >= 4 is 0 Å². The molecule has 18 heavy (non-hydrogen) atoms. The van der Waals surface area contributed by atoms with E-state index in [0.29, 0.717) is 18.6 Å². The largest absolute Gasteiger partial charge is 0.396 e. The van der Waals surface area contributed by atoms with Crippen molar-refractivity contribution in [2.75, 3.05) is 13.2 Å². The third kappa shape index (κ3) is 5.19. The van der Waals surface area contributed by atoms with Gasteiger partial charge in [-0.3, -0.25) is 0 Å². The first-order valence-electron chi connectivity index (χ1n) is 7.08. The first-order valence-corrected chi connectivity index (χ1v) is 7.08. The Labute approximate surface area is 111 Å². The van der Waals surface area contributed by atoms with Crippen molar-refractivity contribution in [2.45, 2.75) is 46.1 Å². The molecule has 0 bridgehead atoms. The highest BCUT2D eigenvalue weighted by atomic mass is 16.3. The van der Waals surface area contributed by atoms with Crippen molar-refractivity contribution in [3.8, 4) is 0 Å². The van der Waals surface area contributed by atoms with Crippen molar-refractivity contribution in [2.24, 2.45) is 5.92 Å². The Balaban J connectivity index is 2.43. The van der Waals surface area contributed by atoms with Gasteiger partial charge in [0, 0.05) is 12.6 Å². The van der Waals surface area contributed by atoms with Gasteiger partial charge in [0.15, 0.2) is 0 Å². The lowest BCUT2D eigenvalue weighted by Crippen LogP contribution is -2.26. The molecule has 2 nitrogen and oxygen atoms in total. The van der Waals surface area contributed by atoms with E-state index in [1.54, 1.807) is 0 Å². The van der Waals surface area contributed by atoms with Crippen molar-refractivity contribution in [1.29, 1.82) is 0 Å². The molecule has 0 aliphatic rings. The lowest BCUT2D eigenvalue weighted by molar-refractivity contribution is 0.246. The number of hydrogen-bond acceptors (Lipinski definition) is 2. The Hall–Kier alpha value is -0.860. The molecule has 0 amide bonds. The van der Waals surface area contributed by atoms with Gasteiger partial charge < -0.3 is 10.4 Å². The fraction of sp³-hybridized carbons (Fsp3) is 0.625. The van der Waals surface area contributed by atoms with Gasteiger partial charge in [-0.1, -0.05) is 43.2 Å². The van der Waals surface area contributed by atoms with E-state index in [2.05, 4.69) is 50.4 Å². The van der Waals surface area contributed by atoms with Crippen molar-refractivity contribution in [1.82, 2.24) is 5.32 Å². The molecule has 0 radical (unpaired) electrons. The molecule has 0 aliphatic heterocycles. The van der Waals surface area contributed by atoms with Crippen LogP contribution in [0.15, 0.2) is 24.3 Å². The van der Waals surface area contributed by atoms with E-state index in [1.165, 1.54) is 24.0 Å². The van der Waals surface area contributed by atoms with Crippen molar-refractivity contribution in [3.05, 3.63) is 35.4 Å². The molecule has 2 unspecified atom stereocenters. The zero-order valence-corrected chi connectivity index (χ0v) is 11.9. The molecule has 2 heteroatoms. The second-order valence-electron chi connectivity index (χ2n) is 5.21. The predicted octanol–water partition coefficient (Wildman–Crippen LogP) is 3.44. The summed E-state index contributed by atoms with van der Waals surface area (Å²) in [4.78, 5) is 0. The summed E-state index contributed by atoms with van der Waals surface area (Å²) < 4.78 is 0. The van der Waals surface area contributed by atoms with Crippen LogP contribution in [0.3, 0.4) is 0 Å². The maximum absolute atomic E-state index is 9.05. The predicted molar refractivity (Wildman–Crippen MR) is 77.7 cm³/mol. The van der Waals surface area contributed by atoms with Crippen LogP contribution in [0.5, 0.6) is 0 Å². The first kappa shape index (κ1) is 15.2. The molecule has 2 N–H and O–H groups in total. The van der Waals surface area contributed by atoms with Crippen LogP contribution in [0.25, 0.3) is 0 Å². The number of aryl methyl sites for hydroxylation is 1. The molecular weight excluding hydrogens is 222 g/mol. The molecule has 1 aromatic carbocycles. The molecule has 0 spiro atoms. The van der Waals surface area contributed by atoms with Crippen LogP contribution in [0.1, 0.15) is 50.3 Å². The van der Waals surface area contributed by atoms with Crippen LogP contribution in [0.4, 0.5) is 0 Å². The van der Waals surface area contributed by atoms with Crippen LogP contribution < -0.4 is 5.32 Å². The quantitative estimate of drug-likeness (QED) is 0.739. The Bertz CT molecular complexity index is 314. The lowest BCUT2D eigenvalue weighted by Gasteiger charge is -2.20. The van der Waals surface area contributed by atoms with Gasteiger partial charge in [0.25, 0.3) is 0 Å². The molecule has 0 saturated carbocycles. The normalized spacial score (nSPS) is 14.4. The minimum atomic E-state index is 0.297. The Morgan fingerprint density at radius 3 is 2.39 bits per heavy atom. The fourth-order valence-corrected chi connectivity index (χ4v) is 2.26. The van der Waals surface area contributed by atoms with Crippen LogP contribution in [-0.2, 0) is 0 Å². The second-order valence-corrected chi connectivity index (χ2v) is 5.21. The Morgan fingerprint density at radius 2 is 1.83 bits per heavy atom. The second kappa shape index (κ2) is 8.28. The van der Waals surface area contributed by atoms with Gasteiger partial charge in [0.05, 0.1) is 0 Å². The topological polar surface area (TPSA) is 32.3 Å². The van der Waals surface area contributed by atoms with E-state index in [-0.39, 0.29) is 0 Å². The van der Waals surface area contributed by atoms with Gasteiger partial charge in [0.1, 0.15) is 0 Å². The zero-order chi connectivity index (χ0) is 13.4. The third-order valence-corrected chi connectivity index (χ3v) is 3.52. The molecule has 0 saturated heterocycles. The van der Waals surface area contributed by atoms with Crippen LogP contribution in [0, 0.1) is 12.8 Å². The van der Waals surface area contributed by atoms with Gasteiger partial charge in [-0.2, -0.15) is 0 Å². The maximum Gasteiger partial charge on any atom is 0.0434 e. The molecule has 102 valence electrons. The van der Waals surface area contributed by atoms with Crippen LogP contribution in [0.2, 0.25) is 0 Å². The molecule has 0 aliphatic carbocycles. The maximum atomic E-state index is 9.05. The molecule has 0 fully saturated rings. The van der Waals surface area contributed by atoms with Gasteiger partial charge in [0.2, 0.25) is 0 Å². The summed E-state index contributed by atoms with van der Waals surface area (Å²) in [5, 5.41) is 12.6. The van der Waals surface area contributed by atoms with Gasteiger partial charge >= 0.3 is 0 Å². The Morgan fingerprint density at radius 1 is 1.17 bits per heavy atom. The summed E-state index contributed by atoms with van der Waals surface area (Å²) in [6.07, 6.45) is 3.28. The van der Waals surface area contributed by atoms with E-state index in [9.17, 15) is 0 Å². The first-order chi connectivity index (χ1) is 8.67. The smallest absolute Gasteiger partial charge is 0.0434 e. The van der Waals surface area contributed by atoms with E-state index in [4.69, 9.17) is 5.11 Å². The number of benzene rings is 1. The Kier molecular flexibility index (Phi) is 6.99. The summed E-state index contributed by atoms with van der Waals surface area (Å²) in [5.74, 6) is 0.591. The molecule has 1 rings (SSSR count). The number of rotatable bonds is 8. The summed E-state index contributed by atoms with van der Waals surface area (Å²) >= 11 is 0. The van der Waals surface area contributed by atoms with Crippen LogP contribution >= 0.6 is 0 Å². The summed E-state index contributed by atoms with van der Waals surface area (Å²) in [5.41, 5.74) is 2.63. The standard InChI is InChI=1S/C16H27NO/c1-4-5-15(10-11-18)12-17-14(3)16-8-6-13(2)7-9-16/h6-9,14-15,17-18H,4-5,10-12H2,1-3H3. The third-order valence-electron chi connectivity index (χ3n) is 3.52. The highest BCUT2D eigenvalue weighted by Crippen LogP contribution is 2.15. The number of hydrogen-bond donors (Lipinski definition) is 2. The van der Waals surface area contributed by atoms with Crippen molar-refractivity contribution in [3.63, 3.8) is 0 Å². The number of aliphatic hydroxyl groups is 1. The number of nitrogens with one attached hydrogen (secondary N) is 1. The summed E-state index contributed by atoms with van der Waals surface area (Å²) in [6, 6.07) is 9.07.